The molecule has 0 aliphatic heterocycles. The summed E-state index contributed by atoms with van der Waals surface area (Å²) < 4.78 is 39.2. The summed E-state index contributed by atoms with van der Waals surface area (Å²) in [7, 11) is -1.41. The molecule has 3 rings (SSSR count). The van der Waals surface area contributed by atoms with E-state index in [-0.39, 0.29) is 5.56 Å². The molecule has 0 unspecified atom stereocenters. The molecular formula is C16H14FN3O3S3. The molecular weight excluding hydrogens is 397 g/mol. The SMILES string of the molecule is CN(C)S(=O)(=O)c1cc(C(=O)Nc2nc(-c3cccs3)cs2)ccc1F. The monoisotopic (exact) mass is 411 g/mol. The lowest BCUT2D eigenvalue weighted by molar-refractivity contribution is 0.102. The lowest BCUT2D eigenvalue weighted by Gasteiger charge is -2.13. The number of carbonyl (C=O) groups excluding carboxylic acids is 1. The Balaban J connectivity index is 1.85. The maximum Gasteiger partial charge on any atom is 0.257 e. The number of nitrogens with zero attached hydrogens (tertiary/aromatic N) is 2. The first-order chi connectivity index (χ1) is 12.3. The van der Waals surface area contributed by atoms with Crippen LogP contribution in [0.1, 0.15) is 10.4 Å². The number of benzene rings is 1. The van der Waals surface area contributed by atoms with Gasteiger partial charge < -0.3 is 0 Å². The number of sulfonamides is 1. The Kier molecular flexibility index (Phi) is 5.19. The van der Waals surface area contributed by atoms with Crippen LogP contribution in [0, 0.1) is 5.82 Å². The number of halogens is 1. The standard InChI is InChI=1S/C16H14FN3O3S3/c1-20(2)26(22,23)14-8-10(5-6-11(14)17)15(21)19-16-18-12(9-25-16)13-4-3-7-24-13/h3-9H,1-2H3,(H,18,19,21). The normalized spacial score (nSPS) is 11.7. The lowest BCUT2D eigenvalue weighted by atomic mass is 10.2. The molecule has 0 saturated carbocycles. The van der Waals surface area contributed by atoms with Crippen molar-refractivity contribution in [2.45, 2.75) is 4.90 Å². The van der Waals surface area contributed by atoms with Crippen LogP contribution in [0.4, 0.5) is 9.52 Å². The highest BCUT2D eigenvalue weighted by atomic mass is 32.2. The van der Waals surface area contributed by atoms with Crippen LogP contribution in [-0.4, -0.2) is 37.7 Å². The molecule has 1 aromatic carbocycles. The maximum absolute atomic E-state index is 13.9. The van der Waals surface area contributed by atoms with Gasteiger partial charge >= 0.3 is 0 Å². The number of hydrogen-bond acceptors (Lipinski definition) is 6. The van der Waals surface area contributed by atoms with Gasteiger partial charge in [-0.15, -0.1) is 22.7 Å². The predicted molar refractivity (Wildman–Crippen MR) is 101 cm³/mol. The third kappa shape index (κ3) is 3.68. The molecule has 0 aliphatic rings. The van der Waals surface area contributed by atoms with Crippen LogP contribution >= 0.6 is 22.7 Å². The van der Waals surface area contributed by atoms with Gasteiger partial charge in [0.2, 0.25) is 10.0 Å². The molecule has 0 spiro atoms. The second kappa shape index (κ2) is 7.23. The number of rotatable bonds is 5. The molecule has 2 heterocycles. The zero-order valence-corrected chi connectivity index (χ0v) is 16.2. The Bertz CT molecular complexity index is 1040. The van der Waals surface area contributed by atoms with E-state index in [9.17, 15) is 17.6 Å². The van der Waals surface area contributed by atoms with Crippen molar-refractivity contribution >= 4 is 43.7 Å². The summed E-state index contributed by atoms with van der Waals surface area (Å²) in [6.07, 6.45) is 0. The van der Waals surface area contributed by atoms with E-state index in [1.165, 1.54) is 42.8 Å². The summed E-state index contributed by atoms with van der Waals surface area (Å²) in [5.74, 6) is -1.48. The van der Waals surface area contributed by atoms with Crippen LogP contribution in [-0.2, 0) is 10.0 Å². The third-order valence-corrected chi connectivity index (χ3v) is 6.93. The fourth-order valence-corrected chi connectivity index (χ4v) is 4.53. The van der Waals surface area contributed by atoms with Crippen molar-refractivity contribution in [2.24, 2.45) is 0 Å². The van der Waals surface area contributed by atoms with Crippen LogP contribution in [0.3, 0.4) is 0 Å². The van der Waals surface area contributed by atoms with Gasteiger partial charge in [0.25, 0.3) is 5.91 Å². The minimum Gasteiger partial charge on any atom is -0.298 e. The molecule has 0 bridgehead atoms. The Labute approximate surface area is 158 Å². The van der Waals surface area contributed by atoms with Crippen molar-refractivity contribution in [1.29, 1.82) is 0 Å². The lowest BCUT2D eigenvalue weighted by Crippen LogP contribution is -2.24. The summed E-state index contributed by atoms with van der Waals surface area (Å²) in [5, 5.41) is 6.73. The van der Waals surface area contributed by atoms with Crippen molar-refractivity contribution in [3.63, 3.8) is 0 Å². The molecule has 0 radical (unpaired) electrons. The second-order valence-corrected chi connectivity index (χ2v) is 9.33. The van der Waals surface area contributed by atoms with E-state index in [1.54, 1.807) is 0 Å². The van der Waals surface area contributed by atoms with Crippen molar-refractivity contribution in [3.8, 4) is 10.6 Å². The topological polar surface area (TPSA) is 79.4 Å². The Morgan fingerprint density at radius 2 is 2.00 bits per heavy atom. The van der Waals surface area contributed by atoms with Crippen LogP contribution in [0.5, 0.6) is 0 Å². The molecule has 1 N–H and O–H groups in total. The number of nitrogens with one attached hydrogen (secondary N) is 1. The molecule has 1 amide bonds. The van der Waals surface area contributed by atoms with Gasteiger partial charge in [0.05, 0.1) is 10.6 Å². The molecule has 136 valence electrons. The fourth-order valence-electron chi connectivity index (χ4n) is 2.08. The quantitative estimate of drug-likeness (QED) is 0.697. The number of thiazole rings is 1. The molecule has 3 aromatic rings. The first kappa shape index (κ1) is 18.6. The maximum atomic E-state index is 13.9. The van der Waals surface area contributed by atoms with Gasteiger partial charge in [-0.1, -0.05) is 6.07 Å². The minimum atomic E-state index is -4.00. The van der Waals surface area contributed by atoms with Crippen molar-refractivity contribution in [2.75, 3.05) is 19.4 Å². The second-order valence-electron chi connectivity index (χ2n) is 5.40. The number of amides is 1. The van der Waals surface area contributed by atoms with Crippen molar-refractivity contribution < 1.29 is 17.6 Å². The minimum absolute atomic E-state index is 0.0275. The number of hydrogen-bond donors (Lipinski definition) is 1. The van der Waals surface area contributed by atoms with Gasteiger partial charge in [-0.2, -0.15) is 0 Å². The van der Waals surface area contributed by atoms with E-state index < -0.39 is 26.6 Å². The summed E-state index contributed by atoms with van der Waals surface area (Å²) >= 11 is 2.78. The largest absolute Gasteiger partial charge is 0.298 e. The smallest absolute Gasteiger partial charge is 0.257 e. The van der Waals surface area contributed by atoms with Gasteiger partial charge in [0.15, 0.2) is 5.13 Å². The van der Waals surface area contributed by atoms with Gasteiger partial charge in [-0.25, -0.2) is 22.1 Å². The molecule has 0 aliphatic carbocycles. The van der Waals surface area contributed by atoms with E-state index in [0.29, 0.717) is 5.13 Å². The highest BCUT2D eigenvalue weighted by Crippen LogP contribution is 2.28. The van der Waals surface area contributed by atoms with Crippen LogP contribution in [0.15, 0.2) is 46.0 Å². The average molecular weight is 412 g/mol. The summed E-state index contributed by atoms with van der Waals surface area (Å²) in [4.78, 5) is 17.2. The third-order valence-electron chi connectivity index (χ3n) is 3.45. The van der Waals surface area contributed by atoms with Crippen LogP contribution < -0.4 is 5.32 Å². The van der Waals surface area contributed by atoms with E-state index in [2.05, 4.69) is 10.3 Å². The average Bonchev–Trinajstić information content (AvgIpc) is 3.26. The van der Waals surface area contributed by atoms with Gasteiger partial charge in [-0.3, -0.25) is 10.1 Å². The highest BCUT2D eigenvalue weighted by molar-refractivity contribution is 7.89. The summed E-state index contributed by atoms with van der Waals surface area (Å²) in [5.41, 5.74) is 0.773. The van der Waals surface area contributed by atoms with E-state index in [4.69, 9.17) is 0 Å². The highest BCUT2D eigenvalue weighted by Gasteiger charge is 2.23. The van der Waals surface area contributed by atoms with Gasteiger partial charge in [0, 0.05) is 25.0 Å². The van der Waals surface area contributed by atoms with Gasteiger partial charge in [0.1, 0.15) is 10.7 Å². The van der Waals surface area contributed by atoms with Crippen LogP contribution in [0.25, 0.3) is 10.6 Å². The fraction of sp³-hybridized carbons (Fsp3) is 0.125. The zero-order valence-electron chi connectivity index (χ0n) is 13.8. The van der Waals surface area contributed by atoms with Gasteiger partial charge in [-0.05, 0) is 29.6 Å². The van der Waals surface area contributed by atoms with E-state index >= 15 is 0 Å². The van der Waals surface area contributed by atoms with Crippen molar-refractivity contribution in [1.82, 2.24) is 9.29 Å². The molecule has 2 aromatic heterocycles. The number of aromatic nitrogens is 1. The number of carbonyl (C=O) groups is 1. The zero-order chi connectivity index (χ0) is 18.9. The molecule has 0 atom stereocenters. The molecule has 10 heteroatoms. The molecule has 0 fully saturated rings. The number of anilines is 1. The summed E-state index contributed by atoms with van der Waals surface area (Å²) in [6, 6.07) is 7.04. The predicted octanol–water partition coefficient (Wildman–Crippen LogP) is 3.51. The van der Waals surface area contributed by atoms with E-state index in [1.807, 2.05) is 22.9 Å². The van der Waals surface area contributed by atoms with E-state index in [0.717, 1.165) is 27.0 Å². The Hall–Kier alpha value is -2.14. The molecule has 26 heavy (non-hydrogen) atoms. The van der Waals surface area contributed by atoms with Crippen molar-refractivity contribution in [3.05, 3.63) is 52.5 Å². The Morgan fingerprint density at radius 1 is 1.23 bits per heavy atom. The number of thiophene rings is 1. The molecule has 6 nitrogen and oxygen atoms in total. The summed E-state index contributed by atoms with van der Waals surface area (Å²) in [6.45, 7) is 0. The first-order valence-corrected chi connectivity index (χ1v) is 10.5. The Morgan fingerprint density at radius 3 is 2.65 bits per heavy atom. The van der Waals surface area contributed by atoms with Crippen LogP contribution in [0.2, 0.25) is 0 Å². The first-order valence-electron chi connectivity index (χ1n) is 7.32. The molecule has 0 saturated heterocycles.